The molecule has 0 radical (unpaired) electrons. The maximum Gasteiger partial charge on any atom is 0.302 e. The number of nitriles is 1. The minimum atomic E-state index is -0.556. The first-order valence-electron chi connectivity index (χ1n) is 8.73. The lowest BCUT2D eigenvalue weighted by atomic mass is 9.47. The minimum Gasteiger partial charge on any atom is -0.461 e. The van der Waals surface area contributed by atoms with Gasteiger partial charge in [-0.05, 0) is 30.4 Å². The number of hydrogen-bond acceptors (Lipinski definition) is 5. The highest BCUT2D eigenvalue weighted by Crippen LogP contribution is 2.61. The Labute approximate surface area is 147 Å². The van der Waals surface area contributed by atoms with Crippen LogP contribution in [0.15, 0.2) is 23.3 Å². The van der Waals surface area contributed by atoms with Crippen molar-refractivity contribution in [2.45, 2.75) is 53.1 Å². The van der Waals surface area contributed by atoms with E-state index in [4.69, 9.17) is 4.74 Å². The Morgan fingerprint density at radius 2 is 2.04 bits per heavy atom. The average molecular weight is 341 g/mol. The van der Waals surface area contributed by atoms with E-state index < -0.39 is 22.9 Å². The summed E-state index contributed by atoms with van der Waals surface area (Å²) in [7, 11) is 0. The molecular formula is C20H23NO4. The van der Waals surface area contributed by atoms with E-state index in [1.807, 2.05) is 26.8 Å². The zero-order chi connectivity index (χ0) is 18.6. The molecule has 5 heteroatoms. The van der Waals surface area contributed by atoms with E-state index in [1.165, 1.54) is 6.92 Å². The molecule has 5 atom stereocenters. The first-order valence-corrected chi connectivity index (χ1v) is 8.73. The summed E-state index contributed by atoms with van der Waals surface area (Å²) in [5.41, 5.74) is 0.0475. The molecule has 0 aromatic carbocycles. The van der Waals surface area contributed by atoms with Gasteiger partial charge in [-0.1, -0.05) is 26.8 Å². The predicted octanol–water partition coefficient (Wildman–Crippen LogP) is 2.91. The Bertz CT molecular complexity index is 771. The van der Waals surface area contributed by atoms with Crippen molar-refractivity contribution in [1.82, 2.24) is 0 Å². The molecule has 132 valence electrons. The van der Waals surface area contributed by atoms with E-state index in [-0.39, 0.29) is 35.4 Å². The summed E-state index contributed by atoms with van der Waals surface area (Å²) in [5.74, 6) is -0.808. The smallest absolute Gasteiger partial charge is 0.302 e. The second-order valence-corrected chi connectivity index (χ2v) is 7.99. The molecule has 0 N–H and O–H groups in total. The highest BCUT2D eigenvalue weighted by molar-refractivity contribution is 6.02. The van der Waals surface area contributed by atoms with Crippen LogP contribution in [-0.2, 0) is 19.1 Å². The number of carbonyl (C=O) groups is 3. The molecule has 0 bridgehead atoms. The van der Waals surface area contributed by atoms with Gasteiger partial charge in [0.2, 0.25) is 0 Å². The van der Waals surface area contributed by atoms with Gasteiger partial charge in [0.05, 0.1) is 5.57 Å². The van der Waals surface area contributed by atoms with Crippen molar-refractivity contribution < 1.29 is 19.1 Å². The fraction of sp³-hybridized carbons (Fsp3) is 0.600. The first-order chi connectivity index (χ1) is 11.6. The number of allylic oxidation sites excluding steroid dienone is 3. The van der Waals surface area contributed by atoms with Crippen LogP contribution in [0.25, 0.3) is 0 Å². The van der Waals surface area contributed by atoms with Gasteiger partial charge in [-0.15, -0.1) is 0 Å². The molecule has 0 aliphatic heterocycles. The Morgan fingerprint density at radius 3 is 2.64 bits per heavy atom. The van der Waals surface area contributed by atoms with Crippen LogP contribution in [0.1, 0.15) is 47.0 Å². The van der Waals surface area contributed by atoms with E-state index in [2.05, 4.69) is 0 Å². The minimum absolute atomic E-state index is 0.0419. The lowest BCUT2D eigenvalue weighted by molar-refractivity contribution is -0.156. The lowest BCUT2D eigenvalue weighted by Gasteiger charge is -2.56. The lowest BCUT2D eigenvalue weighted by Crippen LogP contribution is -2.54. The Hall–Kier alpha value is -2.22. The highest BCUT2D eigenvalue weighted by Gasteiger charge is 2.58. The van der Waals surface area contributed by atoms with Crippen LogP contribution in [0.4, 0.5) is 0 Å². The summed E-state index contributed by atoms with van der Waals surface area (Å²) >= 11 is 0. The normalized spacial score (nSPS) is 40.2. The summed E-state index contributed by atoms with van der Waals surface area (Å²) in [6.45, 7) is 7.26. The zero-order valence-corrected chi connectivity index (χ0v) is 15.1. The molecule has 0 aromatic rings. The molecule has 0 saturated heterocycles. The second-order valence-electron chi connectivity index (χ2n) is 7.99. The molecule has 3 aliphatic carbocycles. The number of rotatable bonds is 1. The number of Topliss-reactive ketones (excluding diaryl/α,β-unsaturated/α-hetero) is 1. The van der Waals surface area contributed by atoms with E-state index in [9.17, 15) is 19.6 Å². The number of hydrogen-bond donors (Lipinski definition) is 0. The third kappa shape index (κ3) is 2.47. The van der Waals surface area contributed by atoms with Crippen LogP contribution in [0.3, 0.4) is 0 Å². The Balaban J connectivity index is 2.16. The standard InChI is InChI=1S/C20H23NO4/c1-11-15-5-6-19(3)16(7-14(23)8-17(19)25-12(2)22)20(15,4)9-13(10-21)18(11)24/h7,9,11,15,17H,5-6,8H2,1-4H3/t11-,15?,17-,19?,20?/m1/s1. The van der Waals surface area contributed by atoms with Crippen LogP contribution in [0, 0.1) is 34.0 Å². The van der Waals surface area contributed by atoms with Crippen LogP contribution in [-0.4, -0.2) is 23.6 Å². The van der Waals surface area contributed by atoms with Gasteiger partial charge in [0, 0.05) is 30.1 Å². The van der Waals surface area contributed by atoms with Crippen LogP contribution in [0.2, 0.25) is 0 Å². The molecule has 5 nitrogen and oxygen atoms in total. The van der Waals surface area contributed by atoms with E-state index in [0.29, 0.717) is 0 Å². The SMILES string of the molecule is CC(=O)O[C@@H]1CC(=O)C=C2C3(C)C=C(C#N)C(=O)[C@H](C)C3CCC21C. The predicted molar refractivity (Wildman–Crippen MR) is 90.1 cm³/mol. The number of esters is 1. The van der Waals surface area contributed by atoms with Gasteiger partial charge in [-0.2, -0.15) is 5.26 Å². The molecule has 0 aromatic heterocycles. The van der Waals surface area contributed by atoms with Gasteiger partial charge in [-0.3, -0.25) is 14.4 Å². The van der Waals surface area contributed by atoms with Gasteiger partial charge >= 0.3 is 5.97 Å². The van der Waals surface area contributed by atoms with Crippen LogP contribution >= 0.6 is 0 Å². The largest absolute Gasteiger partial charge is 0.461 e. The number of ketones is 2. The zero-order valence-electron chi connectivity index (χ0n) is 15.1. The fourth-order valence-corrected chi connectivity index (χ4v) is 5.20. The van der Waals surface area contributed by atoms with Crippen molar-refractivity contribution in [2.24, 2.45) is 22.7 Å². The molecule has 3 rings (SSSR count). The topological polar surface area (TPSA) is 84.2 Å². The summed E-state index contributed by atoms with van der Waals surface area (Å²) in [4.78, 5) is 36.3. The average Bonchev–Trinajstić information content (AvgIpc) is 2.53. The Morgan fingerprint density at radius 1 is 1.36 bits per heavy atom. The van der Waals surface area contributed by atoms with Gasteiger partial charge in [-0.25, -0.2) is 0 Å². The van der Waals surface area contributed by atoms with Gasteiger partial charge in [0.15, 0.2) is 11.6 Å². The van der Waals surface area contributed by atoms with Crippen molar-refractivity contribution >= 4 is 17.5 Å². The number of ether oxygens (including phenoxy) is 1. The second kappa shape index (κ2) is 5.66. The maximum atomic E-state index is 12.4. The molecule has 0 spiro atoms. The molecule has 0 heterocycles. The number of nitrogens with zero attached hydrogens (tertiary/aromatic N) is 1. The van der Waals surface area contributed by atoms with Crippen molar-refractivity contribution in [3.63, 3.8) is 0 Å². The first kappa shape index (κ1) is 17.6. The van der Waals surface area contributed by atoms with Crippen LogP contribution < -0.4 is 0 Å². The highest BCUT2D eigenvalue weighted by atomic mass is 16.5. The van der Waals surface area contributed by atoms with Crippen molar-refractivity contribution in [2.75, 3.05) is 0 Å². The van der Waals surface area contributed by atoms with Gasteiger partial charge in [0.25, 0.3) is 0 Å². The summed E-state index contributed by atoms with van der Waals surface area (Å²) in [5, 5.41) is 9.37. The third-order valence-corrected chi connectivity index (χ3v) is 6.50. The molecule has 3 unspecified atom stereocenters. The fourth-order valence-electron chi connectivity index (χ4n) is 5.20. The third-order valence-electron chi connectivity index (χ3n) is 6.50. The maximum absolute atomic E-state index is 12.4. The quantitative estimate of drug-likeness (QED) is 0.685. The molecule has 25 heavy (non-hydrogen) atoms. The number of carbonyl (C=O) groups excluding carboxylic acids is 3. The molecule has 1 saturated carbocycles. The molecule has 0 amide bonds. The van der Waals surface area contributed by atoms with Crippen molar-refractivity contribution in [1.29, 1.82) is 5.26 Å². The van der Waals surface area contributed by atoms with E-state index in [0.717, 1.165) is 18.4 Å². The summed E-state index contributed by atoms with van der Waals surface area (Å²) in [6, 6.07) is 2.02. The molecule has 1 fully saturated rings. The van der Waals surface area contributed by atoms with E-state index in [1.54, 1.807) is 12.2 Å². The number of fused-ring (bicyclic) bond motifs is 3. The summed E-state index contributed by atoms with van der Waals surface area (Å²) < 4.78 is 5.51. The van der Waals surface area contributed by atoms with E-state index >= 15 is 0 Å². The Kier molecular flexibility index (Phi) is 3.98. The molecule has 3 aliphatic rings. The van der Waals surface area contributed by atoms with Gasteiger partial charge < -0.3 is 4.74 Å². The monoisotopic (exact) mass is 341 g/mol. The van der Waals surface area contributed by atoms with Crippen molar-refractivity contribution in [3.05, 3.63) is 23.3 Å². The van der Waals surface area contributed by atoms with Gasteiger partial charge in [0.1, 0.15) is 12.2 Å². The summed E-state index contributed by atoms with van der Waals surface area (Å²) in [6.07, 6.45) is 4.63. The van der Waals surface area contributed by atoms with Crippen molar-refractivity contribution in [3.8, 4) is 6.07 Å². The molecular weight excluding hydrogens is 318 g/mol. The van der Waals surface area contributed by atoms with Crippen LogP contribution in [0.5, 0.6) is 0 Å².